The fraction of sp³-hybridized carbons (Fsp3) is 0.412. The highest BCUT2D eigenvalue weighted by Crippen LogP contribution is 2.49. The molecule has 1 heteroatoms. The van der Waals surface area contributed by atoms with E-state index in [0.717, 1.165) is 38.6 Å². The Morgan fingerprint density at radius 2 is 1.71 bits per heavy atom. The Kier molecular flexibility index (Phi) is 6.38. The SMILES string of the molecule is C=C1c2ccc3c4c(ccc(c24)C(=C(C)CC)CC1CC)C(C)N(c1cc(CC)ccc1CC)C3. The second-order valence-corrected chi connectivity index (χ2v) is 10.6. The van der Waals surface area contributed by atoms with E-state index in [1.54, 1.807) is 5.57 Å². The summed E-state index contributed by atoms with van der Waals surface area (Å²) in [7, 11) is 0. The second-order valence-electron chi connectivity index (χ2n) is 10.6. The van der Waals surface area contributed by atoms with Crippen LogP contribution < -0.4 is 4.90 Å². The van der Waals surface area contributed by atoms with Crippen LogP contribution in [0.5, 0.6) is 0 Å². The molecule has 0 amide bonds. The summed E-state index contributed by atoms with van der Waals surface area (Å²) in [4.78, 5) is 2.64. The molecule has 0 radical (unpaired) electrons. The minimum Gasteiger partial charge on any atom is -0.360 e. The second kappa shape index (κ2) is 9.34. The van der Waals surface area contributed by atoms with Crippen molar-refractivity contribution >= 4 is 27.6 Å². The molecular formula is C34H41N. The molecule has 0 saturated carbocycles. The lowest BCUT2D eigenvalue weighted by Crippen LogP contribution is -2.31. The molecule has 2 unspecified atom stereocenters. The van der Waals surface area contributed by atoms with Crippen LogP contribution in [0.25, 0.3) is 21.9 Å². The Balaban J connectivity index is 1.75. The molecule has 1 nitrogen and oxygen atoms in total. The van der Waals surface area contributed by atoms with Crippen molar-refractivity contribution in [3.63, 3.8) is 0 Å². The lowest BCUT2D eigenvalue weighted by atomic mass is 9.83. The van der Waals surface area contributed by atoms with Crippen LogP contribution in [0.1, 0.15) is 100 Å². The smallest absolute Gasteiger partial charge is 0.0524 e. The van der Waals surface area contributed by atoms with Crippen LogP contribution in [0.4, 0.5) is 5.69 Å². The van der Waals surface area contributed by atoms with Crippen LogP contribution in [0.2, 0.25) is 0 Å². The number of hydrogen-bond donors (Lipinski definition) is 0. The van der Waals surface area contributed by atoms with Crippen LogP contribution in [-0.4, -0.2) is 0 Å². The van der Waals surface area contributed by atoms with E-state index in [2.05, 4.69) is 95.5 Å². The molecule has 1 heterocycles. The number of hydrogen-bond acceptors (Lipinski definition) is 1. The van der Waals surface area contributed by atoms with Crippen LogP contribution in [-0.2, 0) is 19.4 Å². The quantitative estimate of drug-likeness (QED) is 0.364. The molecule has 35 heavy (non-hydrogen) atoms. The van der Waals surface area contributed by atoms with Gasteiger partial charge in [-0.1, -0.05) is 76.2 Å². The average molecular weight is 464 g/mol. The highest BCUT2D eigenvalue weighted by molar-refractivity contribution is 6.07. The lowest BCUT2D eigenvalue weighted by Gasteiger charge is -2.39. The third-order valence-corrected chi connectivity index (χ3v) is 8.94. The summed E-state index contributed by atoms with van der Waals surface area (Å²) in [6, 6.07) is 17.1. The maximum Gasteiger partial charge on any atom is 0.0524 e. The van der Waals surface area contributed by atoms with Crippen molar-refractivity contribution in [3.05, 3.63) is 88.0 Å². The molecule has 2 atom stereocenters. The zero-order valence-corrected chi connectivity index (χ0v) is 22.6. The summed E-state index contributed by atoms with van der Waals surface area (Å²) in [6.07, 6.45) is 5.49. The number of benzene rings is 3. The van der Waals surface area contributed by atoms with Crippen molar-refractivity contribution in [1.29, 1.82) is 0 Å². The third kappa shape index (κ3) is 3.75. The van der Waals surface area contributed by atoms with Gasteiger partial charge in [0, 0.05) is 12.2 Å². The molecule has 2 aliphatic rings. The predicted octanol–water partition coefficient (Wildman–Crippen LogP) is 9.67. The van der Waals surface area contributed by atoms with Crippen LogP contribution >= 0.6 is 0 Å². The van der Waals surface area contributed by atoms with Gasteiger partial charge in [0.1, 0.15) is 0 Å². The van der Waals surface area contributed by atoms with Gasteiger partial charge in [-0.05, 0) is 113 Å². The van der Waals surface area contributed by atoms with Gasteiger partial charge in [0.2, 0.25) is 0 Å². The Labute approximate surface area is 212 Å². The Morgan fingerprint density at radius 3 is 2.40 bits per heavy atom. The van der Waals surface area contributed by atoms with Gasteiger partial charge < -0.3 is 4.90 Å². The van der Waals surface area contributed by atoms with Gasteiger partial charge in [-0.2, -0.15) is 0 Å². The number of nitrogens with zero attached hydrogens (tertiary/aromatic N) is 1. The van der Waals surface area contributed by atoms with Crippen LogP contribution in [0.3, 0.4) is 0 Å². The first-order valence-electron chi connectivity index (χ1n) is 13.8. The maximum atomic E-state index is 4.66. The first-order chi connectivity index (χ1) is 16.9. The maximum absolute atomic E-state index is 4.66. The first-order valence-corrected chi connectivity index (χ1v) is 13.8. The van der Waals surface area contributed by atoms with Crippen molar-refractivity contribution in [2.45, 2.75) is 86.2 Å². The highest BCUT2D eigenvalue weighted by Gasteiger charge is 2.32. The van der Waals surface area contributed by atoms with Gasteiger partial charge >= 0.3 is 0 Å². The molecule has 0 bridgehead atoms. The summed E-state index contributed by atoms with van der Waals surface area (Å²) in [5, 5.41) is 2.96. The topological polar surface area (TPSA) is 3.24 Å². The number of rotatable bonds is 5. The predicted molar refractivity (Wildman–Crippen MR) is 154 cm³/mol. The largest absolute Gasteiger partial charge is 0.360 e. The summed E-state index contributed by atoms with van der Waals surface area (Å²) in [6.45, 7) is 19.5. The third-order valence-electron chi connectivity index (χ3n) is 8.94. The molecule has 3 aromatic carbocycles. The molecule has 0 saturated heterocycles. The highest BCUT2D eigenvalue weighted by atomic mass is 15.2. The molecule has 1 aliphatic heterocycles. The van der Waals surface area contributed by atoms with Gasteiger partial charge in [0.05, 0.1) is 6.04 Å². The van der Waals surface area contributed by atoms with Crippen molar-refractivity contribution in [3.8, 4) is 0 Å². The van der Waals surface area contributed by atoms with E-state index in [4.69, 9.17) is 0 Å². The Hall–Kier alpha value is -2.80. The van der Waals surface area contributed by atoms with Crippen molar-refractivity contribution < 1.29 is 0 Å². The molecule has 1 aliphatic carbocycles. The van der Waals surface area contributed by atoms with E-state index in [9.17, 15) is 0 Å². The van der Waals surface area contributed by atoms with Gasteiger partial charge in [-0.25, -0.2) is 0 Å². The first kappa shape index (κ1) is 23.9. The van der Waals surface area contributed by atoms with Crippen molar-refractivity contribution in [2.24, 2.45) is 5.92 Å². The number of allylic oxidation sites excluding steroid dienone is 3. The summed E-state index contributed by atoms with van der Waals surface area (Å²) >= 11 is 0. The van der Waals surface area contributed by atoms with E-state index in [1.165, 1.54) is 61.0 Å². The molecule has 0 spiro atoms. The number of aryl methyl sites for hydroxylation is 2. The molecule has 0 aromatic heterocycles. The molecule has 0 fully saturated rings. The molecule has 0 N–H and O–H groups in total. The average Bonchev–Trinajstić information content (AvgIpc) is 3.02. The van der Waals surface area contributed by atoms with Gasteiger partial charge in [-0.3, -0.25) is 0 Å². The zero-order valence-electron chi connectivity index (χ0n) is 22.6. The summed E-state index contributed by atoms with van der Waals surface area (Å²) < 4.78 is 0. The summed E-state index contributed by atoms with van der Waals surface area (Å²) in [5.74, 6) is 0.511. The Bertz CT molecular complexity index is 1340. The molecule has 182 valence electrons. The summed E-state index contributed by atoms with van der Waals surface area (Å²) in [5.41, 5.74) is 14.5. The van der Waals surface area contributed by atoms with Gasteiger partial charge in [0.25, 0.3) is 0 Å². The van der Waals surface area contributed by atoms with E-state index in [1.807, 2.05) is 0 Å². The van der Waals surface area contributed by atoms with Crippen LogP contribution in [0, 0.1) is 5.92 Å². The molecular weight excluding hydrogens is 422 g/mol. The van der Waals surface area contributed by atoms with E-state index >= 15 is 0 Å². The van der Waals surface area contributed by atoms with Crippen LogP contribution in [0.15, 0.2) is 54.6 Å². The minimum absolute atomic E-state index is 0.336. The fourth-order valence-corrected chi connectivity index (χ4v) is 6.48. The standard InChI is InChI=1S/C34H41N/c1-8-21(5)31-19-26(11-4)22(6)28-15-14-27-20-35(32-18-24(9-2)12-13-25(32)10-3)23(7)29-16-17-30(31)34(28)33(27)29/h12-18,23,26H,6,8-11,19-20H2,1-5,7H3. The van der Waals surface area contributed by atoms with Crippen molar-refractivity contribution in [2.75, 3.05) is 4.90 Å². The monoisotopic (exact) mass is 463 g/mol. The zero-order chi connectivity index (χ0) is 24.9. The Morgan fingerprint density at radius 1 is 0.943 bits per heavy atom. The molecule has 3 aromatic rings. The normalized spacial score (nSPS) is 20.9. The van der Waals surface area contributed by atoms with Gasteiger partial charge in [0.15, 0.2) is 0 Å². The van der Waals surface area contributed by atoms with E-state index in [-0.39, 0.29) is 0 Å². The van der Waals surface area contributed by atoms with E-state index in [0.29, 0.717) is 12.0 Å². The van der Waals surface area contributed by atoms with E-state index < -0.39 is 0 Å². The van der Waals surface area contributed by atoms with Crippen molar-refractivity contribution in [1.82, 2.24) is 0 Å². The number of anilines is 1. The van der Waals surface area contributed by atoms with Gasteiger partial charge in [-0.15, -0.1) is 0 Å². The lowest BCUT2D eigenvalue weighted by molar-refractivity contribution is 0.656. The molecule has 5 rings (SSSR count). The fourth-order valence-electron chi connectivity index (χ4n) is 6.48. The minimum atomic E-state index is 0.336.